The molecule has 0 bridgehead atoms. The van der Waals surface area contributed by atoms with Crippen LogP contribution < -0.4 is 10.6 Å². The monoisotopic (exact) mass is 336 g/mol. The van der Waals surface area contributed by atoms with E-state index in [2.05, 4.69) is 15.6 Å². The van der Waals surface area contributed by atoms with Crippen molar-refractivity contribution in [3.63, 3.8) is 0 Å². The molecule has 1 heterocycles. The Labute approximate surface area is 145 Å². The molecule has 0 aliphatic carbocycles. The Balaban J connectivity index is 2.51. The van der Waals surface area contributed by atoms with E-state index in [1.807, 2.05) is 52.3 Å². The molecule has 0 fully saturated rings. The lowest BCUT2D eigenvalue weighted by atomic mass is 9.77. The quantitative estimate of drug-likeness (QED) is 0.751. The van der Waals surface area contributed by atoms with Crippen LogP contribution in [0.5, 0.6) is 0 Å². The second-order valence-electron chi connectivity index (χ2n) is 8.37. The standard InChI is InChI=1S/C18H32N4O2/c1-17(2,3)14(12-15(23)21-18(4,5)6)16(24)20-8-7-10-22-11-9-19-13-22/h9,11,13-14H,7-8,10,12H2,1-6H3,(H,20,24)(H,21,23). The normalized spacial score (nSPS) is 13.4. The van der Waals surface area contributed by atoms with E-state index < -0.39 is 0 Å². The molecule has 0 radical (unpaired) electrons. The number of hydrogen-bond donors (Lipinski definition) is 2. The summed E-state index contributed by atoms with van der Waals surface area (Å²) >= 11 is 0. The van der Waals surface area contributed by atoms with Crippen molar-refractivity contribution in [1.82, 2.24) is 20.2 Å². The first-order valence-corrected chi connectivity index (χ1v) is 8.53. The van der Waals surface area contributed by atoms with Gasteiger partial charge in [0.15, 0.2) is 0 Å². The molecule has 1 aromatic heterocycles. The van der Waals surface area contributed by atoms with Gasteiger partial charge < -0.3 is 15.2 Å². The van der Waals surface area contributed by atoms with Gasteiger partial charge in [0.1, 0.15) is 0 Å². The Morgan fingerprint density at radius 1 is 1.17 bits per heavy atom. The summed E-state index contributed by atoms with van der Waals surface area (Å²) in [5.74, 6) is -0.499. The number of amides is 2. The average Bonchev–Trinajstić information content (AvgIpc) is 2.90. The molecule has 136 valence electrons. The topological polar surface area (TPSA) is 76.0 Å². The zero-order valence-corrected chi connectivity index (χ0v) is 15.8. The van der Waals surface area contributed by atoms with E-state index in [1.165, 1.54) is 0 Å². The maximum atomic E-state index is 12.5. The number of rotatable bonds is 7. The Bertz CT molecular complexity index is 524. The van der Waals surface area contributed by atoms with Gasteiger partial charge in [-0.15, -0.1) is 0 Å². The minimum absolute atomic E-state index is 0.0582. The highest BCUT2D eigenvalue weighted by Gasteiger charge is 2.33. The summed E-state index contributed by atoms with van der Waals surface area (Å²) in [6.45, 7) is 13.2. The summed E-state index contributed by atoms with van der Waals surface area (Å²) in [5.41, 5.74) is -0.565. The third kappa shape index (κ3) is 7.62. The highest BCUT2D eigenvalue weighted by atomic mass is 16.2. The third-order valence-electron chi connectivity index (χ3n) is 3.72. The Morgan fingerprint density at radius 3 is 2.33 bits per heavy atom. The van der Waals surface area contributed by atoms with E-state index in [0.29, 0.717) is 6.54 Å². The zero-order chi connectivity index (χ0) is 18.4. The second kappa shape index (κ2) is 8.31. The maximum absolute atomic E-state index is 12.5. The maximum Gasteiger partial charge on any atom is 0.224 e. The number of hydrogen-bond acceptors (Lipinski definition) is 3. The van der Waals surface area contributed by atoms with E-state index >= 15 is 0 Å². The minimum atomic E-state index is -0.354. The highest BCUT2D eigenvalue weighted by molar-refractivity contribution is 5.86. The Kier molecular flexibility index (Phi) is 6.99. The molecule has 2 amide bonds. The van der Waals surface area contributed by atoms with Gasteiger partial charge in [0.05, 0.1) is 12.2 Å². The van der Waals surface area contributed by atoms with Crippen molar-refractivity contribution in [2.24, 2.45) is 11.3 Å². The molecule has 1 aromatic rings. The molecule has 0 saturated heterocycles. The van der Waals surface area contributed by atoms with Crippen LogP contribution in [0, 0.1) is 11.3 Å². The Hall–Kier alpha value is -1.85. The molecule has 6 heteroatoms. The fourth-order valence-corrected chi connectivity index (χ4v) is 2.46. The molecule has 1 atom stereocenters. The third-order valence-corrected chi connectivity index (χ3v) is 3.72. The van der Waals surface area contributed by atoms with Crippen molar-refractivity contribution in [2.45, 2.75) is 66.5 Å². The minimum Gasteiger partial charge on any atom is -0.356 e. The molecule has 0 aliphatic heterocycles. The first kappa shape index (κ1) is 20.2. The van der Waals surface area contributed by atoms with Gasteiger partial charge in [0.2, 0.25) is 11.8 Å². The summed E-state index contributed by atoms with van der Waals surface area (Å²) in [6.07, 6.45) is 6.43. The fraction of sp³-hybridized carbons (Fsp3) is 0.722. The molecule has 1 rings (SSSR count). The number of carbonyl (C=O) groups is 2. The number of nitrogens with one attached hydrogen (secondary N) is 2. The van der Waals surface area contributed by atoms with Crippen LogP contribution in [-0.2, 0) is 16.1 Å². The van der Waals surface area contributed by atoms with Crippen LogP contribution in [0.25, 0.3) is 0 Å². The first-order chi connectivity index (χ1) is 11.0. The first-order valence-electron chi connectivity index (χ1n) is 8.53. The number of imidazole rings is 1. The molecule has 6 nitrogen and oxygen atoms in total. The van der Waals surface area contributed by atoms with Gasteiger partial charge in [-0.2, -0.15) is 0 Å². The van der Waals surface area contributed by atoms with Crippen LogP contribution in [0.3, 0.4) is 0 Å². The predicted molar refractivity (Wildman–Crippen MR) is 95.3 cm³/mol. The smallest absolute Gasteiger partial charge is 0.224 e. The van der Waals surface area contributed by atoms with E-state index in [9.17, 15) is 9.59 Å². The molecule has 24 heavy (non-hydrogen) atoms. The highest BCUT2D eigenvalue weighted by Crippen LogP contribution is 2.29. The van der Waals surface area contributed by atoms with Gasteiger partial charge in [-0.25, -0.2) is 4.98 Å². The molecule has 0 spiro atoms. The summed E-state index contributed by atoms with van der Waals surface area (Å²) < 4.78 is 1.98. The lowest BCUT2D eigenvalue weighted by Crippen LogP contribution is -2.45. The van der Waals surface area contributed by atoms with Crippen molar-refractivity contribution >= 4 is 11.8 Å². The van der Waals surface area contributed by atoms with Gasteiger partial charge in [0.25, 0.3) is 0 Å². The van der Waals surface area contributed by atoms with Crippen LogP contribution in [0.1, 0.15) is 54.4 Å². The zero-order valence-electron chi connectivity index (χ0n) is 15.8. The van der Waals surface area contributed by atoms with Gasteiger partial charge in [0, 0.05) is 37.4 Å². The predicted octanol–water partition coefficient (Wildman–Crippen LogP) is 2.36. The van der Waals surface area contributed by atoms with Crippen LogP contribution in [-0.4, -0.2) is 33.4 Å². The molecular formula is C18H32N4O2. The van der Waals surface area contributed by atoms with Crippen molar-refractivity contribution in [1.29, 1.82) is 0 Å². The van der Waals surface area contributed by atoms with E-state index in [4.69, 9.17) is 0 Å². The summed E-state index contributed by atoms with van der Waals surface area (Å²) in [5, 5.41) is 5.90. The van der Waals surface area contributed by atoms with Crippen LogP contribution in [0.15, 0.2) is 18.7 Å². The summed E-state index contributed by atoms with van der Waals surface area (Å²) in [4.78, 5) is 28.7. The van der Waals surface area contributed by atoms with Crippen molar-refractivity contribution in [3.8, 4) is 0 Å². The number of aromatic nitrogens is 2. The van der Waals surface area contributed by atoms with E-state index in [0.717, 1.165) is 13.0 Å². The fourth-order valence-electron chi connectivity index (χ4n) is 2.46. The summed E-state index contributed by atoms with van der Waals surface area (Å²) in [7, 11) is 0. The van der Waals surface area contributed by atoms with Gasteiger partial charge >= 0.3 is 0 Å². The van der Waals surface area contributed by atoms with E-state index in [1.54, 1.807) is 12.5 Å². The molecule has 1 unspecified atom stereocenters. The molecule has 0 aromatic carbocycles. The number of nitrogens with zero attached hydrogens (tertiary/aromatic N) is 2. The van der Waals surface area contributed by atoms with E-state index in [-0.39, 0.29) is 35.1 Å². The summed E-state index contributed by atoms with van der Waals surface area (Å²) in [6, 6.07) is 0. The SMILES string of the molecule is CC(C)(C)NC(=O)CC(C(=O)NCCCn1ccnc1)C(C)(C)C. The van der Waals surface area contributed by atoms with Gasteiger partial charge in [-0.1, -0.05) is 20.8 Å². The largest absolute Gasteiger partial charge is 0.356 e. The van der Waals surface area contributed by atoms with Crippen molar-refractivity contribution < 1.29 is 9.59 Å². The molecule has 0 saturated carbocycles. The number of aryl methyl sites for hydroxylation is 1. The lowest BCUT2D eigenvalue weighted by molar-refractivity contribution is -0.134. The number of carbonyl (C=O) groups excluding carboxylic acids is 2. The van der Waals surface area contributed by atoms with Crippen molar-refractivity contribution in [3.05, 3.63) is 18.7 Å². The lowest BCUT2D eigenvalue weighted by Gasteiger charge is -2.30. The van der Waals surface area contributed by atoms with Crippen LogP contribution in [0.4, 0.5) is 0 Å². The molecular weight excluding hydrogens is 304 g/mol. The van der Waals surface area contributed by atoms with Crippen LogP contribution in [0.2, 0.25) is 0 Å². The molecule has 0 aliphatic rings. The van der Waals surface area contributed by atoms with Gasteiger partial charge in [-0.05, 0) is 32.6 Å². The van der Waals surface area contributed by atoms with Crippen molar-refractivity contribution in [2.75, 3.05) is 6.54 Å². The molecule has 2 N–H and O–H groups in total. The second-order valence-corrected chi connectivity index (χ2v) is 8.37. The Morgan fingerprint density at radius 2 is 1.83 bits per heavy atom. The van der Waals surface area contributed by atoms with Gasteiger partial charge in [-0.3, -0.25) is 9.59 Å². The average molecular weight is 336 g/mol. The van der Waals surface area contributed by atoms with Crippen LogP contribution >= 0.6 is 0 Å².